The average Bonchev–Trinajstić information content (AvgIpc) is 2.66. The Balaban J connectivity index is 2.61. The highest BCUT2D eigenvalue weighted by Crippen LogP contribution is 2.04. The first-order valence-electron chi connectivity index (χ1n) is 5.95. The van der Waals surface area contributed by atoms with Crippen LogP contribution in [0.1, 0.15) is 13.8 Å². The van der Waals surface area contributed by atoms with E-state index in [2.05, 4.69) is 5.32 Å². The number of imide groups is 1. The molecule has 4 amide bonds. The molecule has 1 aliphatic rings. The predicted octanol–water partition coefficient (Wildman–Crippen LogP) is -0.893. The maximum Gasteiger partial charge on any atom is 0.325 e. The van der Waals surface area contributed by atoms with Gasteiger partial charge in [-0.3, -0.25) is 19.3 Å². The molecule has 1 heterocycles. The van der Waals surface area contributed by atoms with Crippen molar-refractivity contribution in [2.75, 3.05) is 26.2 Å². The molecule has 1 fully saturated rings. The Morgan fingerprint density at radius 2 is 2.11 bits per heavy atom. The van der Waals surface area contributed by atoms with Crippen LogP contribution in [0.25, 0.3) is 0 Å². The van der Waals surface area contributed by atoms with Crippen LogP contribution in [-0.4, -0.2) is 64.9 Å². The topological polar surface area (TPSA) is 107 Å². The van der Waals surface area contributed by atoms with E-state index in [1.807, 2.05) is 0 Å². The molecule has 1 saturated heterocycles. The highest BCUT2D eigenvalue weighted by Gasteiger charge is 2.31. The third-order valence-corrected chi connectivity index (χ3v) is 2.88. The van der Waals surface area contributed by atoms with Crippen molar-refractivity contribution in [3.8, 4) is 0 Å². The quantitative estimate of drug-likeness (QED) is 0.609. The third kappa shape index (κ3) is 3.67. The van der Waals surface area contributed by atoms with Crippen molar-refractivity contribution in [2.24, 2.45) is 5.92 Å². The maximum absolute atomic E-state index is 11.9. The van der Waals surface area contributed by atoms with Crippen molar-refractivity contribution in [1.29, 1.82) is 0 Å². The molecule has 1 aliphatic heterocycles. The highest BCUT2D eigenvalue weighted by molar-refractivity contribution is 6.04. The Morgan fingerprint density at radius 3 is 2.53 bits per heavy atom. The fourth-order valence-electron chi connectivity index (χ4n) is 1.67. The summed E-state index contributed by atoms with van der Waals surface area (Å²) in [4.78, 5) is 47.5. The molecule has 0 radical (unpaired) electrons. The summed E-state index contributed by atoms with van der Waals surface area (Å²) >= 11 is 0. The first-order chi connectivity index (χ1) is 8.86. The van der Waals surface area contributed by atoms with Crippen molar-refractivity contribution in [2.45, 2.75) is 13.8 Å². The second-order valence-corrected chi connectivity index (χ2v) is 4.31. The van der Waals surface area contributed by atoms with Crippen molar-refractivity contribution >= 4 is 23.8 Å². The third-order valence-electron chi connectivity index (χ3n) is 2.88. The van der Waals surface area contributed by atoms with E-state index >= 15 is 0 Å². The van der Waals surface area contributed by atoms with E-state index in [0.29, 0.717) is 6.54 Å². The maximum atomic E-state index is 11.9. The second-order valence-electron chi connectivity index (χ2n) is 4.31. The van der Waals surface area contributed by atoms with Crippen LogP contribution >= 0.6 is 0 Å². The van der Waals surface area contributed by atoms with Crippen molar-refractivity contribution in [3.05, 3.63) is 0 Å². The van der Waals surface area contributed by atoms with Crippen LogP contribution in [0.4, 0.5) is 4.79 Å². The number of urea groups is 1. The number of nitrogens with one attached hydrogen (secondary N) is 1. The van der Waals surface area contributed by atoms with Gasteiger partial charge >= 0.3 is 12.0 Å². The van der Waals surface area contributed by atoms with Gasteiger partial charge in [0.1, 0.15) is 6.54 Å². The molecule has 1 unspecified atom stereocenters. The van der Waals surface area contributed by atoms with Crippen LogP contribution in [0.2, 0.25) is 0 Å². The number of carboxylic acid groups (broad SMARTS) is 1. The normalized spacial score (nSPS) is 16.2. The van der Waals surface area contributed by atoms with E-state index in [0.717, 1.165) is 4.90 Å². The van der Waals surface area contributed by atoms with Gasteiger partial charge in [-0.05, 0) is 6.92 Å². The molecule has 0 bridgehead atoms. The molecule has 106 valence electrons. The molecule has 0 saturated carbocycles. The van der Waals surface area contributed by atoms with Crippen LogP contribution in [0.15, 0.2) is 0 Å². The Labute approximate surface area is 110 Å². The van der Waals surface area contributed by atoms with E-state index in [4.69, 9.17) is 5.11 Å². The molecular formula is C11H17N3O5. The molecule has 2 N–H and O–H groups in total. The van der Waals surface area contributed by atoms with E-state index in [9.17, 15) is 19.2 Å². The van der Waals surface area contributed by atoms with Crippen LogP contribution in [0, 0.1) is 5.92 Å². The fourth-order valence-corrected chi connectivity index (χ4v) is 1.67. The summed E-state index contributed by atoms with van der Waals surface area (Å²) in [7, 11) is 0. The highest BCUT2D eigenvalue weighted by atomic mass is 16.4. The SMILES string of the molecule is CCN(CC(C)C(=O)O)C(=O)CN1C(=O)CNC1=O. The summed E-state index contributed by atoms with van der Waals surface area (Å²) in [5, 5.41) is 11.1. The summed E-state index contributed by atoms with van der Waals surface area (Å²) in [6, 6.07) is -0.597. The minimum Gasteiger partial charge on any atom is -0.481 e. The Kier molecular flexibility index (Phi) is 4.85. The number of nitrogens with zero attached hydrogens (tertiary/aromatic N) is 2. The lowest BCUT2D eigenvalue weighted by Crippen LogP contribution is -2.45. The van der Waals surface area contributed by atoms with Crippen LogP contribution in [-0.2, 0) is 14.4 Å². The minimum absolute atomic E-state index is 0.0499. The van der Waals surface area contributed by atoms with Crippen molar-refractivity contribution in [1.82, 2.24) is 15.1 Å². The van der Waals surface area contributed by atoms with Gasteiger partial charge in [0.15, 0.2) is 0 Å². The Hall–Kier alpha value is -2.12. The molecule has 0 spiro atoms. The lowest BCUT2D eigenvalue weighted by molar-refractivity contribution is -0.144. The monoisotopic (exact) mass is 271 g/mol. The number of carbonyl (C=O) groups is 4. The molecule has 0 aromatic carbocycles. The number of amides is 4. The van der Waals surface area contributed by atoms with Gasteiger partial charge in [-0.15, -0.1) is 0 Å². The number of carbonyl (C=O) groups excluding carboxylic acids is 3. The van der Waals surface area contributed by atoms with Gasteiger partial charge in [-0.25, -0.2) is 4.79 Å². The van der Waals surface area contributed by atoms with Gasteiger partial charge in [0, 0.05) is 13.1 Å². The number of hydrogen-bond donors (Lipinski definition) is 2. The number of likely N-dealkylation sites (N-methyl/N-ethyl adjacent to an activating group) is 1. The predicted molar refractivity (Wildman–Crippen MR) is 64.2 cm³/mol. The number of hydrogen-bond acceptors (Lipinski definition) is 4. The van der Waals surface area contributed by atoms with E-state index in [1.54, 1.807) is 6.92 Å². The van der Waals surface area contributed by atoms with Gasteiger partial charge in [0.25, 0.3) is 5.91 Å². The molecular weight excluding hydrogens is 254 g/mol. The molecule has 8 nitrogen and oxygen atoms in total. The van der Waals surface area contributed by atoms with Gasteiger partial charge < -0.3 is 15.3 Å². The van der Waals surface area contributed by atoms with E-state index in [1.165, 1.54) is 11.8 Å². The minimum atomic E-state index is -0.999. The summed E-state index contributed by atoms with van der Waals surface area (Å²) in [5.74, 6) is -2.60. The fraction of sp³-hybridized carbons (Fsp3) is 0.636. The van der Waals surface area contributed by atoms with Crippen molar-refractivity contribution < 1.29 is 24.3 Å². The van der Waals surface area contributed by atoms with Crippen molar-refractivity contribution in [3.63, 3.8) is 0 Å². The lowest BCUT2D eigenvalue weighted by Gasteiger charge is -2.24. The smallest absolute Gasteiger partial charge is 0.325 e. The van der Waals surface area contributed by atoms with Gasteiger partial charge in [-0.1, -0.05) is 6.92 Å². The van der Waals surface area contributed by atoms with Gasteiger partial charge in [0.05, 0.1) is 12.5 Å². The van der Waals surface area contributed by atoms with Crippen LogP contribution in [0.5, 0.6) is 0 Å². The zero-order valence-corrected chi connectivity index (χ0v) is 10.9. The summed E-state index contributed by atoms with van der Waals surface area (Å²) in [5.41, 5.74) is 0. The number of aliphatic carboxylic acids is 1. The first kappa shape index (κ1) is 14.9. The first-order valence-corrected chi connectivity index (χ1v) is 5.95. The average molecular weight is 271 g/mol. The van der Waals surface area contributed by atoms with Gasteiger partial charge in [0.2, 0.25) is 5.91 Å². The van der Waals surface area contributed by atoms with E-state index < -0.39 is 29.7 Å². The molecule has 1 atom stereocenters. The largest absolute Gasteiger partial charge is 0.481 e. The standard InChI is InChI=1S/C11H17N3O5/c1-3-13(5-7(2)10(17)18)9(16)6-14-8(15)4-12-11(14)19/h7H,3-6H2,1-2H3,(H,12,19)(H,17,18). The molecule has 8 heteroatoms. The summed E-state index contributed by atoms with van der Waals surface area (Å²) in [6.45, 7) is 3.10. The lowest BCUT2D eigenvalue weighted by atomic mass is 10.1. The number of carboxylic acids is 1. The molecule has 0 aromatic heterocycles. The molecule has 0 aromatic rings. The zero-order chi connectivity index (χ0) is 14.6. The number of rotatable bonds is 6. The second kappa shape index (κ2) is 6.17. The van der Waals surface area contributed by atoms with E-state index in [-0.39, 0.29) is 19.6 Å². The Bertz CT molecular complexity index is 393. The molecule has 1 rings (SSSR count). The summed E-state index contributed by atoms with van der Waals surface area (Å²) < 4.78 is 0. The Morgan fingerprint density at radius 1 is 1.47 bits per heavy atom. The van der Waals surface area contributed by atoms with Crippen LogP contribution < -0.4 is 5.32 Å². The summed E-state index contributed by atoms with van der Waals surface area (Å²) in [6.07, 6.45) is 0. The molecule has 19 heavy (non-hydrogen) atoms. The van der Waals surface area contributed by atoms with Crippen LogP contribution in [0.3, 0.4) is 0 Å². The zero-order valence-electron chi connectivity index (χ0n) is 10.9. The molecule has 0 aliphatic carbocycles. The van der Waals surface area contributed by atoms with Gasteiger partial charge in [-0.2, -0.15) is 0 Å².